The summed E-state index contributed by atoms with van der Waals surface area (Å²) in [5.74, 6) is 1.49. The molecule has 3 N–H and O–H groups in total. The Morgan fingerprint density at radius 3 is 2.64 bits per heavy atom. The minimum atomic E-state index is -0.393. The lowest BCUT2D eigenvalue weighted by molar-refractivity contribution is -0.384. The molecule has 0 saturated heterocycles. The summed E-state index contributed by atoms with van der Waals surface area (Å²) >= 11 is 0. The number of benzene rings is 2. The van der Waals surface area contributed by atoms with E-state index in [-0.39, 0.29) is 29.7 Å². The van der Waals surface area contributed by atoms with Crippen LogP contribution in [-0.2, 0) is 6.54 Å². The molecule has 0 bridgehead atoms. The zero-order valence-corrected chi connectivity index (χ0v) is 18.3. The second kappa shape index (κ2) is 12.8. The fraction of sp³-hybridized carbons (Fsp3) is 0.316. The van der Waals surface area contributed by atoms with Crippen LogP contribution in [0.4, 0.5) is 11.4 Å². The van der Waals surface area contributed by atoms with Crippen LogP contribution in [-0.4, -0.2) is 37.6 Å². The number of ether oxygens (including phenoxy) is 1. The van der Waals surface area contributed by atoms with Crippen molar-refractivity contribution in [2.24, 2.45) is 4.99 Å². The highest BCUT2D eigenvalue weighted by molar-refractivity contribution is 14.0. The first kappa shape index (κ1) is 23.5. The molecule has 0 unspecified atom stereocenters. The molecule has 28 heavy (non-hydrogen) atoms. The van der Waals surface area contributed by atoms with Crippen LogP contribution >= 0.6 is 24.0 Å². The minimum Gasteiger partial charge on any atom is -0.497 e. The lowest BCUT2D eigenvalue weighted by Crippen LogP contribution is -2.39. The summed E-state index contributed by atoms with van der Waals surface area (Å²) in [5, 5.41) is 20.5. The van der Waals surface area contributed by atoms with Crippen LogP contribution in [0.5, 0.6) is 5.75 Å². The van der Waals surface area contributed by atoms with Gasteiger partial charge in [0.1, 0.15) is 11.4 Å². The smallest absolute Gasteiger partial charge is 0.292 e. The maximum absolute atomic E-state index is 11.0. The van der Waals surface area contributed by atoms with Gasteiger partial charge in [-0.25, -0.2) is 4.99 Å². The second-order valence-electron chi connectivity index (χ2n) is 5.67. The lowest BCUT2D eigenvalue weighted by Gasteiger charge is -2.12. The van der Waals surface area contributed by atoms with E-state index in [1.165, 1.54) is 6.07 Å². The van der Waals surface area contributed by atoms with Crippen LogP contribution < -0.4 is 20.7 Å². The molecule has 0 amide bonds. The third kappa shape index (κ3) is 7.59. The maximum Gasteiger partial charge on any atom is 0.292 e. The van der Waals surface area contributed by atoms with Gasteiger partial charge in [0.25, 0.3) is 5.69 Å². The number of nitrogens with zero attached hydrogens (tertiary/aromatic N) is 2. The molecule has 9 heteroatoms. The largest absolute Gasteiger partial charge is 0.497 e. The highest BCUT2D eigenvalue weighted by Gasteiger charge is 2.11. The van der Waals surface area contributed by atoms with E-state index >= 15 is 0 Å². The van der Waals surface area contributed by atoms with Crippen molar-refractivity contribution >= 4 is 41.3 Å². The molecule has 0 radical (unpaired) electrons. The number of nitro groups is 1. The number of aliphatic imine (C=N–C) groups is 1. The van der Waals surface area contributed by atoms with Crippen molar-refractivity contribution in [1.29, 1.82) is 0 Å². The van der Waals surface area contributed by atoms with E-state index in [1.807, 2.05) is 31.2 Å². The summed E-state index contributed by atoms with van der Waals surface area (Å²) in [6.45, 7) is 4.34. The minimum absolute atomic E-state index is 0. The zero-order chi connectivity index (χ0) is 19.5. The highest BCUT2D eigenvalue weighted by atomic mass is 127. The number of methoxy groups -OCH3 is 1. The number of rotatable bonds is 9. The molecule has 0 fully saturated rings. The summed E-state index contributed by atoms with van der Waals surface area (Å²) in [6.07, 6.45) is 0. The van der Waals surface area contributed by atoms with Crippen molar-refractivity contribution in [1.82, 2.24) is 10.6 Å². The molecule has 0 aliphatic rings. The van der Waals surface area contributed by atoms with E-state index in [0.29, 0.717) is 31.3 Å². The van der Waals surface area contributed by atoms with Crippen LogP contribution in [0.1, 0.15) is 12.5 Å². The van der Waals surface area contributed by atoms with E-state index in [2.05, 4.69) is 20.9 Å². The molecule has 2 rings (SSSR count). The topological polar surface area (TPSA) is 101 Å². The van der Waals surface area contributed by atoms with Crippen LogP contribution in [0, 0.1) is 10.1 Å². The molecule has 0 atom stereocenters. The Labute approximate surface area is 181 Å². The Morgan fingerprint density at radius 2 is 1.93 bits per heavy atom. The van der Waals surface area contributed by atoms with Crippen LogP contribution in [0.25, 0.3) is 0 Å². The summed E-state index contributed by atoms with van der Waals surface area (Å²) in [6, 6.07) is 14.4. The number of para-hydroxylation sites is 2. The van der Waals surface area contributed by atoms with E-state index < -0.39 is 4.92 Å². The van der Waals surface area contributed by atoms with Gasteiger partial charge in [-0.05, 0) is 30.7 Å². The second-order valence-corrected chi connectivity index (χ2v) is 5.67. The Hall–Kier alpha value is -2.56. The van der Waals surface area contributed by atoms with Crippen molar-refractivity contribution in [2.75, 3.05) is 32.1 Å². The SMILES string of the molecule is CCNC(=NCc1cccc(OC)c1)NCCNc1ccccc1[N+](=O)[O-].I. The number of hydrogen-bond donors (Lipinski definition) is 3. The monoisotopic (exact) mass is 499 g/mol. The van der Waals surface area contributed by atoms with Gasteiger partial charge in [-0.3, -0.25) is 10.1 Å². The maximum atomic E-state index is 11.0. The molecular formula is C19H26IN5O3. The van der Waals surface area contributed by atoms with Crippen LogP contribution in [0.2, 0.25) is 0 Å². The Morgan fingerprint density at radius 1 is 1.14 bits per heavy atom. The third-order valence-corrected chi connectivity index (χ3v) is 3.73. The molecule has 8 nitrogen and oxygen atoms in total. The first-order valence-corrected chi connectivity index (χ1v) is 8.76. The van der Waals surface area contributed by atoms with Gasteiger partial charge in [0.05, 0.1) is 18.6 Å². The summed E-state index contributed by atoms with van der Waals surface area (Å²) in [4.78, 5) is 15.2. The lowest BCUT2D eigenvalue weighted by atomic mass is 10.2. The predicted octanol–water partition coefficient (Wildman–Crippen LogP) is 3.39. The van der Waals surface area contributed by atoms with Crippen LogP contribution in [0.15, 0.2) is 53.5 Å². The first-order valence-electron chi connectivity index (χ1n) is 8.76. The van der Waals surface area contributed by atoms with Gasteiger partial charge in [-0.1, -0.05) is 24.3 Å². The molecular weight excluding hydrogens is 473 g/mol. The predicted molar refractivity (Wildman–Crippen MR) is 123 cm³/mol. The number of halogens is 1. The quantitative estimate of drug-likeness (QED) is 0.122. The molecule has 0 aliphatic carbocycles. The van der Waals surface area contributed by atoms with E-state index in [1.54, 1.807) is 25.3 Å². The van der Waals surface area contributed by atoms with E-state index in [4.69, 9.17) is 4.74 Å². The van der Waals surface area contributed by atoms with Crippen molar-refractivity contribution in [2.45, 2.75) is 13.5 Å². The molecule has 2 aromatic rings. The average Bonchev–Trinajstić information content (AvgIpc) is 2.69. The number of nitro benzene ring substituents is 1. The Bertz CT molecular complexity index is 786. The Balaban J connectivity index is 0.00000392. The van der Waals surface area contributed by atoms with Crippen molar-refractivity contribution in [3.8, 4) is 5.75 Å². The van der Waals surface area contributed by atoms with Crippen LogP contribution in [0.3, 0.4) is 0 Å². The summed E-state index contributed by atoms with van der Waals surface area (Å²) in [5.41, 5.74) is 1.61. The molecule has 0 spiro atoms. The van der Waals surface area contributed by atoms with Gasteiger partial charge < -0.3 is 20.7 Å². The first-order chi connectivity index (χ1) is 13.1. The molecule has 0 saturated carbocycles. The fourth-order valence-corrected chi connectivity index (χ4v) is 2.44. The third-order valence-electron chi connectivity index (χ3n) is 3.73. The molecule has 0 aliphatic heterocycles. The molecule has 0 aromatic heterocycles. The van der Waals surface area contributed by atoms with Gasteiger partial charge >= 0.3 is 0 Å². The van der Waals surface area contributed by atoms with E-state index in [0.717, 1.165) is 17.9 Å². The zero-order valence-electron chi connectivity index (χ0n) is 16.0. The number of guanidine groups is 1. The molecule has 2 aromatic carbocycles. The summed E-state index contributed by atoms with van der Waals surface area (Å²) in [7, 11) is 1.64. The fourth-order valence-electron chi connectivity index (χ4n) is 2.44. The highest BCUT2D eigenvalue weighted by Crippen LogP contribution is 2.22. The molecule has 152 valence electrons. The van der Waals surface area contributed by atoms with Gasteiger partial charge in [0.15, 0.2) is 5.96 Å². The van der Waals surface area contributed by atoms with Gasteiger partial charge in [-0.2, -0.15) is 0 Å². The molecule has 0 heterocycles. The summed E-state index contributed by atoms with van der Waals surface area (Å²) < 4.78 is 5.22. The van der Waals surface area contributed by atoms with Crippen molar-refractivity contribution in [3.63, 3.8) is 0 Å². The Kier molecular flexibility index (Phi) is 10.7. The number of anilines is 1. The van der Waals surface area contributed by atoms with Crippen molar-refractivity contribution < 1.29 is 9.66 Å². The van der Waals surface area contributed by atoms with Crippen molar-refractivity contribution in [3.05, 3.63) is 64.2 Å². The van der Waals surface area contributed by atoms with Gasteiger partial charge in [0, 0.05) is 25.7 Å². The standard InChI is InChI=1S/C19H25N5O3.HI/c1-3-20-19(23-14-15-7-6-8-16(13-15)27-2)22-12-11-21-17-9-4-5-10-18(17)24(25)26;/h4-10,13,21H,3,11-12,14H2,1-2H3,(H2,20,22,23);1H. The van der Waals surface area contributed by atoms with Gasteiger partial charge in [-0.15, -0.1) is 24.0 Å². The normalized spacial score (nSPS) is 10.6. The van der Waals surface area contributed by atoms with E-state index in [9.17, 15) is 10.1 Å². The number of hydrogen-bond acceptors (Lipinski definition) is 5. The average molecular weight is 499 g/mol. The van der Waals surface area contributed by atoms with Gasteiger partial charge in [0.2, 0.25) is 0 Å². The number of nitrogens with one attached hydrogen (secondary N) is 3.